The Balaban J connectivity index is 2.40. The van der Waals surface area contributed by atoms with Crippen LogP contribution in [0.3, 0.4) is 0 Å². The maximum Gasteiger partial charge on any atom is 0.328 e. The quantitative estimate of drug-likeness (QED) is 0.838. The van der Waals surface area contributed by atoms with Crippen LogP contribution in [0.15, 0.2) is 40.3 Å². The van der Waals surface area contributed by atoms with E-state index < -0.39 is 5.69 Å². The molecule has 0 saturated heterocycles. The zero-order valence-electron chi connectivity index (χ0n) is 9.51. The van der Waals surface area contributed by atoms with E-state index in [-0.39, 0.29) is 5.56 Å². The fourth-order valence-electron chi connectivity index (χ4n) is 1.61. The van der Waals surface area contributed by atoms with Gasteiger partial charge in [-0.3, -0.25) is 19.3 Å². The fraction of sp³-hybridized carbons (Fsp3) is 0.250. The summed E-state index contributed by atoms with van der Waals surface area (Å²) in [7, 11) is 0. The van der Waals surface area contributed by atoms with Gasteiger partial charge in [0.05, 0.1) is 6.54 Å². The van der Waals surface area contributed by atoms with Gasteiger partial charge in [0.15, 0.2) is 0 Å². The average Bonchev–Trinajstić information content (AvgIpc) is 2.34. The normalized spacial score (nSPS) is 10.4. The molecule has 2 heterocycles. The van der Waals surface area contributed by atoms with Gasteiger partial charge in [0, 0.05) is 24.2 Å². The lowest BCUT2D eigenvalue weighted by Gasteiger charge is -2.06. The molecule has 0 atom stereocenters. The second-order valence-electron chi connectivity index (χ2n) is 3.76. The molecule has 0 fully saturated rings. The van der Waals surface area contributed by atoms with Crippen LogP contribution in [0.25, 0.3) is 0 Å². The van der Waals surface area contributed by atoms with E-state index in [1.807, 2.05) is 19.1 Å². The molecule has 2 rings (SSSR count). The van der Waals surface area contributed by atoms with E-state index in [9.17, 15) is 9.59 Å². The van der Waals surface area contributed by atoms with E-state index in [0.717, 1.165) is 5.56 Å². The zero-order chi connectivity index (χ0) is 12.3. The highest BCUT2D eigenvalue weighted by Crippen LogP contribution is 1.98. The maximum atomic E-state index is 11.6. The Kier molecular flexibility index (Phi) is 3.18. The van der Waals surface area contributed by atoms with Crippen LogP contribution < -0.4 is 11.2 Å². The molecule has 0 aliphatic rings. The summed E-state index contributed by atoms with van der Waals surface area (Å²) in [5, 5.41) is 0. The lowest BCUT2D eigenvalue weighted by atomic mass is 10.2. The summed E-state index contributed by atoms with van der Waals surface area (Å²) < 4.78 is 1.48. The Morgan fingerprint density at radius 1 is 1.41 bits per heavy atom. The summed E-state index contributed by atoms with van der Waals surface area (Å²) in [6, 6.07) is 3.70. The molecular formula is C12H13N3O2. The van der Waals surface area contributed by atoms with Gasteiger partial charge in [0.2, 0.25) is 0 Å². The van der Waals surface area contributed by atoms with Crippen molar-refractivity contribution in [1.29, 1.82) is 0 Å². The molecule has 0 radical (unpaired) electrons. The molecular weight excluding hydrogens is 218 g/mol. The molecule has 17 heavy (non-hydrogen) atoms. The first-order valence-corrected chi connectivity index (χ1v) is 5.42. The molecule has 0 spiro atoms. The number of hydrogen-bond acceptors (Lipinski definition) is 3. The molecule has 0 unspecified atom stereocenters. The third-order valence-corrected chi connectivity index (χ3v) is 2.54. The summed E-state index contributed by atoms with van der Waals surface area (Å²) in [5.41, 5.74) is 0.827. The van der Waals surface area contributed by atoms with Crippen LogP contribution in [-0.4, -0.2) is 14.5 Å². The van der Waals surface area contributed by atoms with Crippen LogP contribution in [0.2, 0.25) is 0 Å². The minimum absolute atomic E-state index is 0.306. The number of aromatic amines is 1. The molecule has 0 aliphatic heterocycles. The molecule has 2 aromatic rings. The number of nitrogens with one attached hydrogen (secondary N) is 1. The third kappa shape index (κ3) is 2.50. The van der Waals surface area contributed by atoms with E-state index >= 15 is 0 Å². The van der Waals surface area contributed by atoms with Gasteiger partial charge >= 0.3 is 5.69 Å². The first-order chi connectivity index (χ1) is 8.20. The lowest BCUT2D eigenvalue weighted by molar-refractivity contribution is 0.705. The second-order valence-corrected chi connectivity index (χ2v) is 3.76. The molecule has 1 N–H and O–H groups in total. The van der Waals surface area contributed by atoms with Crippen molar-refractivity contribution in [2.24, 2.45) is 0 Å². The number of rotatable bonds is 3. The van der Waals surface area contributed by atoms with Gasteiger partial charge in [0.25, 0.3) is 5.56 Å². The van der Waals surface area contributed by atoms with Crippen molar-refractivity contribution in [3.05, 3.63) is 62.7 Å². The summed E-state index contributed by atoms with van der Waals surface area (Å²) in [6.07, 6.45) is 5.58. The van der Waals surface area contributed by atoms with Crippen molar-refractivity contribution in [2.75, 3.05) is 0 Å². The van der Waals surface area contributed by atoms with Crippen molar-refractivity contribution in [2.45, 2.75) is 19.9 Å². The molecule has 0 aliphatic carbocycles. The number of hydrogen-bond donors (Lipinski definition) is 1. The summed E-state index contributed by atoms with van der Waals surface area (Å²) in [5.74, 6) is 0. The Morgan fingerprint density at radius 3 is 2.88 bits per heavy atom. The summed E-state index contributed by atoms with van der Waals surface area (Å²) in [6.45, 7) is 2.29. The van der Waals surface area contributed by atoms with E-state index in [1.165, 1.54) is 4.57 Å². The van der Waals surface area contributed by atoms with Crippen molar-refractivity contribution in [1.82, 2.24) is 14.5 Å². The molecule has 2 aromatic heterocycles. The second kappa shape index (κ2) is 4.78. The number of aryl methyl sites for hydroxylation is 1. The lowest BCUT2D eigenvalue weighted by Crippen LogP contribution is -2.31. The molecule has 0 aromatic carbocycles. The van der Waals surface area contributed by atoms with Gasteiger partial charge in [0.1, 0.15) is 0 Å². The van der Waals surface area contributed by atoms with Gasteiger partial charge in [-0.25, -0.2) is 4.79 Å². The van der Waals surface area contributed by atoms with E-state index in [2.05, 4.69) is 9.97 Å². The van der Waals surface area contributed by atoms with Crippen molar-refractivity contribution in [3.63, 3.8) is 0 Å². The van der Waals surface area contributed by atoms with Crippen LogP contribution >= 0.6 is 0 Å². The van der Waals surface area contributed by atoms with Crippen LogP contribution in [-0.2, 0) is 13.0 Å². The predicted molar refractivity (Wildman–Crippen MR) is 64.0 cm³/mol. The minimum atomic E-state index is -0.393. The maximum absolute atomic E-state index is 11.6. The topological polar surface area (TPSA) is 67.8 Å². The van der Waals surface area contributed by atoms with Gasteiger partial charge in [-0.1, -0.05) is 13.0 Å². The number of nitrogens with zero attached hydrogens (tertiary/aromatic N) is 2. The van der Waals surface area contributed by atoms with Gasteiger partial charge in [-0.2, -0.15) is 0 Å². The number of H-pyrrole nitrogens is 1. The SMILES string of the molecule is CCc1cn(Cc2cccnc2)c(=O)[nH]c1=O. The fourth-order valence-corrected chi connectivity index (χ4v) is 1.61. The standard InChI is InChI=1S/C12H13N3O2/c1-2-10-8-15(12(17)14-11(10)16)7-9-4-3-5-13-6-9/h3-6,8H,2,7H2,1H3,(H,14,16,17). The molecule has 5 nitrogen and oxygen atoms in total. The monoisotopic (exact) mass is 231 g/mol. The minimum Gasteiger partial charge on any atom is -0.296 e. The highest BCUT2D eigenvalue weighted by molar-refractivity contribution is 5.11. The Bertz CT molecular complexity index is 614. The molecule has 0 bridgehead atoms. The Labute approximate surface area is 97.8 Å². The molecule has 88 valence electrons. The molecule has 5 heteroatoms. The Morgan fingerprint density at radius 2 is 2.24 bits per heavy atom. The highest BCUT2D eigenvalue weighted by Gasteiger charge is 2.03. The van der Waals surface area contributed by atoms with Crippen LogP contribution in [0.4, 0.5) is 0 Å². The summed E-state index contributed by atoms with van der Waals surface area (Å²) >= 11 is 0. The first-order valence-electron chi connectivity index (χ1n) is 5.42. The third-order valence-electron chi connectivity index (χ3n) is 2.54. The van der Waals surface area contributed by atoms with Crippen LogP contribution in [0, 0.1) is 0 Å². The number of aromatic nitrogens is 3. The van der Waals surface area contributed by atoms with Crippen LogP contribution in [0.5, 0.6) is 0 Å². The van der Waals surface area contributed by atoms with Gasteiger partial charge in [-0.15, -0.1) is 0 Å². The first kappa shape index (κ1) is 11.3. The van der Waals surface area contributed by atoms with Crippen LogP contribution in [0.1, 0.15) is 18.1 Å². The van der Waals surface area contributed by atoms with E-state index in [4.69, 9.17) is 0 Å². The smallest absolute Gasteiger partial charge is 0.296 e. The van der Waals surface area contributed by atoms with E-state index in [0.29, 0.717) is 18.5 Å². The van der Waals surface area contributed by atoms with E-state index in [1.54, 1.807) is 18.6 Å². The Hall–Kier alpha value is -2.17. The number of pyridine rings is 1. The molecule has 0 amide bonds. The molecule has 0 saturated carbocycles. The highest BCUT2D eigenvalue weighted by atomic mass is 16.2. The predicted octanol–water partition coefficient (Wildman–Crippen LogP) is 0.542. The van der Waals surface area contributed by atoms with Crippen molar-refractivity contribution >= 4 is 0 Å². The summed E-state index contributed by atoms with van der Waals surface area (Å²) in [4.78, 5) is 29.3. The van der Waals surface area contributed by atoms with Gasteiger partial charge < -0.3 is 0 Å². The zero-order valence-corrected chi connectivity index (χ0v) is 9.51. The largest absolute Gasteiger partial charge is 0.328 e. The average molecular weight is 231 g/mol. The van der Waals surface area contributed by atoms with Crippen molar-refractivity contribution in [3.8, 4) is 0 Å². The van der Waals surface area contributed by atoms with Crippen molar-refractivity contribution < 1.29 is 0 Å². The van der Waals surface area contributed by atoms with Gasteiger partial charge in [-0.05, 0) is 18.1 Å².